The first-order valence-corrected chi connectivity index (χ1v) is 8.63. The topological polar surface area (TPSA) is 90.3 Å². The van der Waals surface area contributed by atoms with Crippen LogP contribution in [0.1, 0.15) is 37.6 Å². The molecule has 23 heavy (non-hydrogen) atoms. The van der Waals surface area contributed by atoms with E-state index in [4.69, 9.17) is 4.74 Å². The molecule has 0 bridgehead atoms. The molecule has 0 aliphatic carbocycles. The van der Waals surface area contributed by atoms with Crippen molar-refractivity contribution in [2.24, 2.45) is 0 Å². The SMILES string of the molecule is CCOC(=O)CNC(=O)CC1CSc2nc(C)c(CC)c(=O)n21. The fourth-order valence-corrected chi connectivity index (χ4v) is 3.73. The van der Waals surface area contributed by atoms with Gasteiger partial charge >= 0.3 is 5.97 Å². The van der Waals surface area contributed by atoms with Crippen LogP contribution in [0.25, 0.3) is 0 Å². The maximum atomic E-state index is 12.6. The Bertz CT molecular complexity index is 671. The molecule has 0 spiro atoms. The van der Waals surface area contributed by atoms with Crippen LogP contribution < -0.4 is 10.9 Å². The number of hydrogen-bond acceptors (Lipinski definition) is 6. The van der Waals surface area contributed by atoms with Crippen LogP contribution in [0.5, 0.6) is 0 Å². The van der Waals surface area contributed by atoms with Gasteiger partial charge in [-0.3, -0.25) is 19.0 Å². The van der Waals surface area contributed by atoms with Gasteiger partial charge in [-0.15, -0.1) is 0 Å². The van der Waals surface area contributed by atoms with Crippen molar-refractivity contribution in [2.75, 3.05) is 18.9 Å². The predicted octanol–water partition coefficient (Wildman–Crippen LogP) is 0.830. The van der Waals surface area contributed by atoms with E-state index in [2.05, 4.69) is 10.3 Å². The van der Waals surface area contributed by atoms with Crippen LogP contribution in [-0.2, 0) is 20.7 Å². The fraction of sp³-hybridized carbons (Fsp3) is 0.600. The number of nitrogens with zero attached hydrogens (tertiary/aromatic N) is 2. The van der Waals surface area contributed by atoms with Crippen molar-refractivity contribution >= 4 is 23.6 Å². The number of fused-ring (bicyclic) bond motifs is 1. The second kappa shape index (κ2) is 7.63. The molecular weight excluding hydrogens is 318 g/mol. The normalized spacial score (nSPS) is 16.0. The average Bonchev–Trinajstić information content (AvgIpc) is 2.88. The lowest BCUT2D eigenvalue weighted by molar-refractivity contribution is -0.143. The minimum absolute atomic E-state index is 0.0665. The molecule has 2 heterocycles. The van der Waals surface area contributed by atoms with E-state index in [1.807, 2.05) is 13.8 Å². The van der Waals surface area contributed by atoms with Crippen molar-refractivity contribution in [3.8, 4) is 0 Å². The largest absolute Gasteiger partial charge is 0.465 e. The number of nitrogens with one attached hydrogen (secondary N) is 1. The molecule has 7 nitrogen and oxygen atoms in total. The zero-order valence-corrected chi connectivity index (χ0v) is 14.4. The number of aromatic nitrogens is 2. The van der Waals surface area contributed by atoms with Gasteiger partial charge in [-0.2, -0.15) is 0 Å². The highest BCUT2D eigenvalue weighted by Crippen LogP contribution is 2.32. The molecule has 8 heteroatoms. The first-order chi connectivity index (χ1) is 11.0. The Morgan fingerprint density at radius 2 is 2.17 bits per heavy atom. The summed E-state index contributed by atoms with van der Waals surface area (Å²) in [6.45, 7) is 5.59. The van der Waals surface area contributed by atoms with Crippen LogP contribution in [0.2, 0.25) is 0 Å². The number of thioether (sulfide) groups is 1. The second-order valence-corrected chi connectivity index (χ2v) is 6.22. The van der Waals surface area contributed by atoms with Gasteiger partial charge in [0.05, 0.1) is 12.6 Å². The number of esters is 1. The molecule has 2 rings (SSSR count). The molecule has 1 aromatic heterocycles. The van der Waals surface area contributed by atoms with Crippen LogP contribution in [0, 0.1) is 6.92 Å². The average molecular weight is 339 g/mol. The number of hydrogen-bond donors (Lipinski definition) is 1. The summed E-state index contributed by atoms with van der Waals surface area (Å²) in [5.74, 6) is -0.117. The molecule has 1 aliphatic rings. The smallest absolute Gasteiger partial charge is 0.325 e. The first-order valence-electron chi connectivity index (χ1n) is 7.65. The first kappa shape index (κ1) is 17.5. The van der Waals surface area contributed by atoms with E-state index in [0.29, 0.717) is 22.9 Å². The van der Waals surface area contributed by atoms with Gasteiger partial charge < -0.3 is 10.1 Å². The molecule has 1 amide bonds. The monoisotopic (exact) mass is 339 g/mol. The van der Waals surface area contributed by atoms with Gasteiger partial charge in [0.15, 0.2) is 5.16 Å². The second-order valence-electron chi connectivity index (χ2n) is 5.24. The molecular formula is C15H21N3O4S. The van der Waals surface area contributed by atoms with Crippen LogP contribution >= 0.6 is 11.8 Å². The third-order valence-corrected chi connectivity index (χ3v) is 4.76. The summed E-state index contributed by atoms with van der Waals surface area (Å²) in [5.41, 5.74) is 1.38. The molecule has 0 saturated heterocycles. The Morgan fingerprint density at radius 3 is 2.83 bits per heavy atom. The highest BCUT2D eigenvalue weighted by Gasteiger charge is 2.29. The molecule has 1 unspecified atom stereocenters. The molecule has 0 aromatic carbocycles. The summed E-state index contributed by atoms with van der Waals surface area (Å²) in [6.07, 6.45) is 0.762. The third-order valence-electron chi connectivity index (χ3n) is 3.66. The van der Waals surface area contributed by atoms with Gasteiger partial charge in [-0.25, -0.2) is 4.98 Å². The lowest BCUT2D eigenvalue weighted by Gasteiger charge is -2.15. The Hall–Kier alpha value is -1.83. The van der Waals surface area contributed by atoms with Crippen molar-refractivity contribution in [1.29, 1.82) is 0 Å². The fourth-order valence-electron chi connectivity index (χ4n) is 2.55. The molecule has 0 radical (unpaired) electrons. The lowest BCUT2D eigenvalue weighted by atomic mass is 10.1. The number of rotatable bonds is 6. The van der Waals surface area contributed by atoms with Crippen molar-refractivity contribution < 1.29 is 14.3 Å². The maximum Gasteiger partial charge on any atom is 0.325 e. The number of ether oxygens (including phenoxy) is 1. The Morgan fingerprint density at radius 1 is 1.43 bits per heavy atom. The van der Waals surface area contributed by atoms with E-state index < -0.39 is 5.97 Å². The minimum atomic E-state index is -0.468. The van der Waals surface area contributed by atoms with Crippen LogP contribution in [0.15, 0.2) is 9.95 Å². The van der Waals surface area contributed by atoms with E-state index in [1.165, 1.54) is 11.8 Å². The number of amides is 1. The molecule has 126 valence electrons. The number of carbonyl (C=O) groups is 2. The van der Waals surface area contributed by atoms with Gasteiger partial charge in [-0.1, -0.05) is 18.7 Å². The summed E-state index contributed by atoms with van der Waals surface area (Å²) >= 11 is 1.48. The van der Waals surface area contributed by atoms with E-state index in [9.17, 15) is 14.4 Å². The predicted molar refractivity (Wildman–Crippen MR) is 86.6 cm³/mol. The van der Waals surface area contributed by atoms with Crippen LogP contribution in [0.3, 0.4) is 0 Å². The summed E-state index contributed by atoms with van der Waals surface area (Å²) in [5, 5.41) is 3.19. The van der Waals surface area contributed by atoms with Crippen LogP contribution in [0.4, 0.5) is 0 Å². The number of carbonyl (C=O) groups excluding carboxylic acids is 2. The zero-order chi connectivity index (χ0) is 17.0. The van der Waals surface area contributed by atoms with Gasteiger partial charge in [0.2, 0.25) is 5.91 Å². The molecule has 1 aromatic rings. The summed E-state index contributed by atoms with van der Waals surface area (Å²) in [4.78, 5) is 40.3. The van der Waals surface area contributed by atoms with Gasteiger partial charge in [0.1, 0.15) is 6.54 Å². The van der Waals surface area contributed by atoms with Gasteiger partial charge in [0.25, 0.3) is 5.56 Å². The minimum Gasteiger partial charge on any atom is -0.465 e. The summed E-state index contributed by atoms with van der Waals surface area (Å²) < 4.78 is 6.37. The van der Waals surface area contributed by atoms with E-state index in [1.54, 1.807) is 11.5 Å². The van der Waals surface area contributed by atoms with E-state index >= 15 is 0 Å². The Labute approximate surface area is 138 Å². The quantitative estimate of drug-likeness (QED) is 0.610. The maximum absolute atomic E-state index is 12.6. The van der Waals surface area contributed by atoms with Gasteiger partial charge in [-0.05, 0) is 20.3 Å². The van der Waals surface area contributed by atoms with E-state index in [-0.39, 0.29) is 37.1 Å². The van der Waals surface area contributed by atoms with Crippen molar-refractivity contribution in [3.63, 3.8) is 0 Å². The molecule has 0 fully saturated rings. The molecule has 1 aliphatic heterocycles. The zero-order valence-electron chi connectivity index (χ0n) is 13.5. The lowest BCUT2D eigenvalue weighted by Crippen LogP contribution is -2.35. The molecule has 1 N–H and O–H groups in total. The number of aryl methyl sites for hydroxylation is 1. The summed E-state index contributed by atoms with van der Waals surface area (Å²) in [7, 11) is 0. The highest BCUT2D eigenvalue weighted by atomic mass is 32.2. The molecule has 0 saturated carbocycles. The Balaban J connectivity index is 2.07. The van der Waals surface area contributed by atoms with Crippen molar-refractivity contribution in [2.45, 2.75) is 44.8 Å². The highest BCUT2D eigenvalue weighted by molar-refractivity contribution is 7.99. The van der Waals surface area contributed by atoms with Crippen LogP contribution in [-0.4, -0.2) is 40.3 Å². The molecule has 1 atom stereocenters. The summed E-state index contributed by atoms with van der Waals surface area (Å²) in [6, 6.07) is -0.233. The Kier molecular flexibility index (Phi) is 5.81. The van der Waals surface area contributed by atoms with Crippen molar-refractivity contribution in [3.05, 3.63) is 21.6 Å². The van der Waals surface area contributed by atoms with E-state index in [0.717, 1.165) is 5.69 Å². The van der Waals surface area contributed by atoms with Crippen molar-refractivity contribution in [1.82, 2.24) is 14.9 Å². The van der Waals surface area contributed by atoms with Gasteiger partial charge in [0, 0.05) is 23.4 Å². The standard InChI is InChI=1S/C15H21N3O4S/c1-4-11-9(3)17-15-18(14(11)21)10(8-23-15)6-12(19)16-7-13(20)22-5-2/h10H,4-8H2,1-3H3,(H,16,19). The third kappa shape index (κ3) is 3.93.